The van der Waals surface area contributed by atoms with E-state index in [0.717, 1.165) is 38.8 Å². The summed E-state index contributed by atoms with van der Waals surface area (Å²) in [6.07, 6.45) is 3.99. The summed E-state index contributed by atoms with van der Waals surface area (Å²) in [5.74, 6) is 0.479. The summed E-state index contributed by atoms with van der Waals surface area (Å²) in [6, 6.07) is 16.3. The fourth-order valence-corrected chi connectivity index (χ4v) is 5.76. The van der Waals surface area contributed by atoms with E-state index in [9.17, 15) is 5.11 Å². The van der Waals surface area contributed by atoms with Crippen molar-refractivity contribution < 1.29 is 5.11 Å². The number of piperidine rings is 1. The molecular weight excluding hydrogens is 330 g/mol. The largest absolute Gasteiger partial charge is 0.389 e. The SMILES string of the molecule is CC(C)(C)C1(O)CCN2C[C@@H]3c4ccccc4CCc4cccc(c43)[C@H]2C1. The number of fused-ring (bicyclic) bond motifs is 4. The normalized spacial score (nSPS) is 30.1. The molecule has 142 valence electrons. The molecule has 1 fully saturated rings. The predicted octanol–water partition coefficient (Wildman–Crippen LogP) is 4.84. The molecule has 3 aliphatic rings. The lowest BCUT2D eigenvalue weighted by molar-refractivity contribution is -0.119. The molecule has 1 aliphatic carbocycles. The van der Waals surface area contributed by atoms with Gasteiger partial charge < -0.3 is 5.11 Å². The van der Waals surface area contributed by atoms with Gasteiger partial charge in [-0.15, -0.1) is 0 Å². The van der Waals surface area contributed by atoms with Crippen LogP contribution in [0.1, 0.15) is 73.4 Å². The maximum Gasteiger partial charge on any atom is 0.0726 e. The van der Waals surface area contributed by atoms with E-state index in [4.69, 9.17) is 0 Å². The Bertz CT molecular complexity index is 880. The predicted molar refractivity (Wildman–Crippen MR) is 110 cm³/mol. The fraction of sp³-hybridized carbons (Fsp3) is 0.520. The van der Waals surface area contributed by atoms with Gasteiger partial charge in [0.2, 0.25) is 0 Å². The smallest absolute Gasteiger partial charge is 0.0726 e. The first-order valence-corrected chi connectivity index (χ1v) is 10.5. The van der Waals surface area contributed by atoms with Gasteiger partial charge in [-0.05, 0) is 58.9 Å². The van der Waals surface area contributed by atoms with Gasteiger partial charge in [0, 0.05) is 25.0 Å². The molecule has 1 saturated heterocycles. The van der Waals surface area contributed by atoms with Crippen LogP contribution in [0.15, 0.2) is 42.5 Å². The van der Waals surface area contributed by atoms with Gasteiger partial charge in [-0.3, -0.25) is 4.90 Å². The summed E-state index contributed by atoms with van der Waals surface area (Å²) < 4.78 is 0. The van der Waals surface area contributed by atoms with Gasteiger partial charge in [0.15, 0.2) is 0 Å². The van der Waals surface area contributed by atoms with Crippen LogP contribution in [0.5, 0.6) is 0 Å². The number of benzene rings is 2. The highest BCUT2D eigenvalue weighted by atomic mass is 16.3. The first kappa shape index (κ1) is 17.5. The van der Waals surface area contributed by atoms with Crippen molar-refractivity contribution in [3.05, 3.63) is 70.3 Å². The average molecular weight is 362 g/mol. The molecular formula is C25H31NO. The van der Waals surface area contributed by atoms with Crippen molar-refractivity contribution >= 4 is 0 Å². The van der Waals surface area contributed by atoms with Crippen LogP contribution in [0.3, 0.4) is 0 Å². The van der Waals surface area contributed by atoms with Crippen LogP contribution in [-0.4, -0.2) is 28.7 Å². The zero-order chi connectivity index (χ0) is 18.8. The molecule has 2 nitrogen and oxygen atoms in total. The van der Waals surface area contributed by atoms with Gasteiger partial charge in [-0.1, -0.05) is 63.2 Å². The maximum absolute atomic E-state index is 11.5. The first-order valence-electron chi connectivity index (χ1n) is 10.5. The number of hydrogen-bond donors (Lipinski definition) is 1. The van der Waals surface area contributed by atoms with Crippen LogP contribution >= 0.6 is 0 Å². The zero-order valence-corrected chi connectivity index (χ0v) is 16.8. The second-order valence-corrected chi connectivity index (χ2v) is 9.92. The standard InChI is InChI=1S/C25H31NO/c1-24(2,3)25(27)13-14-26-16-21-19-9-5-4-7-17(19)11-12-18-8-6-10-20(23(18)21)22(26)15-25/h4-10,21-22,27H,11-16H2,1-3H3/t21-,22-,25?/m1/s1. The van der Waals surface area contributed by atoms with E-state index in [1.165, 1.54) is 22.3 Å². The molecule has 27 heavy (non-hydrogen) atoms. The minimum Gasteiger partial charge on any atom is -0.389 e. The van der Waals surface area contributed by atoms with E-state index in [0.29, 0.717) is 12.0 Å². The Hall–Kier alpha value is -1.64. The average Bonchev–Trinajstić information content (AvgIpc) is 2.80. The van der Waals surface area contributed by atoms with E-state index in [-0.39, 0.29) is 5.41 Å². The van der Waals surface area contributed by atoms with E-state index < -0.39 is 5.60 Å². The summed E-state index contributed by atoms with van der Waals surface area (Å²) in [7, 11) is 0. The highest BCUT2D eigenvalue weighted by molar-refractivity contribution is 5.51. The third kappa shape index (κ3) is 2.61. The third-order valence-corrected chi connectivity index (χ3v) is 7.63. The quantitative estimate of drug-likeness (QED) is 0.725. The van der Waals surface area contributed by atoms with Crippen molar-refractivity contribution in [2.24, 2.45) is 5.41 Å². The lowest BCUT2D eigenvalue weighted by Crippen LogP contribution is -2.55. The summed E-state index contributed by atoms with van der Waals surface area (Å²) in [6.45, 7) is 8.65. The minimum atomic E-state index is -0.591. The monoisotopic (exact) mass is 361 g/mol. The third-order valence-electron chi connectivity index (χ3n) is 7.63. The van der Waals surface area contributed by atoms with Crippen molar-refractivity contribution in [1.82, 2.24) is 4.90 Å². The van der Waals surface area contributed by atoms with Crippen LogP contribution in [0, 0.1) is 5.41 Å². The first-order chi connectivity index (χ1) is 12.9. The Balaban J connectivity index is 1.64. The Morgan fingerprint density at radius 2 is 1.67 bits per heavy atom. The molecule has 0 bridgehead atoms. The van der Waals surface area contributed by atoms with Crippen molar-refractivity contribution in [2.45, 2.75) is 64.0 Å². The Morgan fingerprint density at radius 3 is 2.48 bits per heavy atom. The van der Waals surface area contributed by atoms with Gasteiger partial charge in [0.1, 0.15) is 0 Å². The van der Waals surface area contributed by atoms with Crippen molar-refractivity contribution in [1.29, 1.82) is 0 Å². The second-order valence-electron chi connectivity index (χ2n) is 9.92. The van der Waals surface area contributed by atoms with Crippen molar-refractivity contribution in [3.8, 4) is 0 Å². The number of aliphatic hydroxyl groups is 1. The van der Waals surface area contributed by atoms with Crippen LogP contribution in [0.25, 0.3) is 0 Å². The Kier molecular flexibility index (Phi) is 3.83. The molecule has 1 unspecified atom stereocenters. The van der Waals surface area contributed by atoms with Gasteiger partial charge in [0.05, 0.1) is 5.60 Å². The molecule has 2 aliphatic heterocycles. The van der Waals surface area contributed by atoms with E-state index in [2.05, 4.69) is 68.1 Å². The lowest BCUT2D eigenvalue weighted by Gasteiger charge is -2.53. The molecule has 1 N–H and O–H groups in total. The minimum absolute atomic E-state index is 0.0890. The molecule has 0 aromatic heterocycles. The lowest BCUT2D eigenvalue weighted by atomic mass is 9.66. The highest BCUT2D eigenvalue weighted by Gasteiger charge is 2.49. The summed E-state index contributed by atoms with van der Waals surface area (Å²) in [4.78, 5) is 2.65. The summed E-state index contributed by atoms with van der Waals surface area (Å²) >= 11 is 0. The molecule has 0 spiro atoms. The summed E-state index contributed by atoms with van der Waals surface area (Å²) in [5.41, 5.74) is 6.94. The van der Waals surface area contributed by atoms with Gasteiger partial charge >= 0.3 is 0 Å². The number of nitrogens with zero attached hydrogens (tertiary/aromatic N) is 1. The van der Waals surface area contributed by atoms with Crippen molar-refractivity contribution in [3.63, 3.8) is 0 Å². The Morgan fingerprint density at radius 1 is 0.963 bits per heavy atom. The van der Waals surface area contributed by atoms with E-state index in [1.807, 2.05) is 0 Å². The molecule has 2 heterocycles. The Labute approximate surface area is 163 Å². The van der Waals surface area contributed by atoms with Crippen LogP contribution < -0.4 is 0 Å². The van der Waals surface area contributed by atoms with E-state index >= 15 is 0 Å². The molecule has 2 aromatic carbocycles. The maximum atomic E-state index is 11.5. The number of rotatable bonds is 0. The molecule has 3 atom stereocenters. The van der Waals surface area contributed by atoms with Gasteiger partial charge in [-0.25, -0.2) is 0 Å². The highest BCUT2D eigenvalue weighted by Crippen LogP contribution is 2.51. The van der Waals surface area contributed by atoms with Crippen LogP contribution in [0.4, 0.5) is 0 Å². The van der Waals surface area contributed by atoms with Crippen LogP contribution in [0.2, 0.25) is 0 Å². The van der Waals surface area contributed by atoms with Gasteiger partial charge in [-0.2, -0.15) is 0 Å². The summed E-state index contributed by atoms with van der Waals surface area (Å²) in [5, 5.41) is 11.5. The molecule has 0 amide bonds. The topological polar surface area (TPSA) is 23.5 Å². The van der Waals surface area contributed by atoms with Gasteiger partial charge in [0.25, 0.3) is 0 Å². The molecule has 2 heteroatoms. The number of hydrogen-bond acceptors (Lipinski definition) is 2. The van der Waals surface area contributed by atoms with Crippen molar-refractivity contribution in [2.75, 3.05) is 13.1 Å². The second kappa shape index (κ2) is 5.93. The number of aryl methyl sites for hydroxylation is 2. The van der Waals surface area contributed by atoms with E-state index in [1.54, 1.807) is 5.56 Å². The molecule has 0 saturated carbocycles. The molecule has 2 aromatic rings. The molecule has 0 radical (unpaired) electrons. The molecule has 5 rings (SSSR count). The zero-order valence-electron chi connectivity index (χ0n) is 16.8. The van der Waals surface area contributed by atoms with Crippen LogP contribution in [-0.2, 0) is 12.8 Å². The fourth-order valence-electron chi connectivity index (χ4n) is 5.76.